The van der Waals surface area contributed by atoms with Crippen LogP contribution in [0.5, 0.6) is 0 Å². The zero-order valence-corrected chi connectivity index (χ0v) is 9.32. The van der Waals surface area contributed by atoms with Crippen molar-refractivity contribution in [3.05, 3.63) is 10.9 Å². The standard InChI is InChI=1S/C7H9BO4S2/c1-12-6(9)5-3-4(8(10)11)7(13-2)14-5/h3,10-11H,1-2H3. The number of carbonyl (C=O) groups excluding carboxylic acids is 1. The van der Waals surface area contributed by atoms with Crippen molar-refractivity contribution in [3.8, 4) is 0 Å². The Hall–Kier alpha value is -0.495. The topological polar surface area (TPSA) is 66.8 Å². The maximum atomic E-state index is 11.1. The van der Waals surface area contributed by atoms with Gasteiger partial charge in [-0.1, -0.05) is 0 Å². The first-order valence-electron chi connectivity index (χ1n) is 3.72. The first-order chi connectivity index (χ1) is 6.60. The van der Waals surface area contributed by atoms with Crippen LogP contribution in [-0.4, -0.2) is 36.5 Å². The van der Waals surface area contributed by atoms with E-state index in [0.29, 0.717) is 14.5 Å². The van der Waals surface area contributed by atoms with E-state index in [0.717, 1.165) is 0 Å². The summed E-state index contributed by atoms with van der Waals surface area (Å²) in [7, 11) is -0.261. The van der Waals surface area contributed by atoms with E-state index in [2.05, 4.69) is 4.74 Å². The Balaban J connectivity index is 3.06. The Kier molecular flexibility index (Phi) is 4.00. The predicted molar refractivity (Wildman–Crippen MR) is 57.3 cm³/mol. The molecular formula is C7H9BO4S2. The molecule has 1 rings (SSSR count). The number of hydrogen-bond donors (Lipinski definition) is 2. The van der Waals surface area contributed by atoms with Crippen molar-refractivity contribution in [2.45, 2.75) is 4.21 Å². The second-order valence-corrected chi connectivity index (χ2v) is 4.55. The van der Waals surface area contributed by atoms with E-state index in [9.17, 15) is 4.79 Å². The lowest BCUT2D eigenvalue weighted by atomic mass is 9.82. The molecular weight excluding hydrogens is 223 g/mol. The number of hydrogen-bond acceptors (Lipinski definition) is 6. The Bertz CT molecular complexity index is 336. The van der Waals surface area contributed by atoms with Crippen molar-refractivity contribution in [1.29, 1.82) is 0 Å². The van der Waals surface area contributed by atoms with Crippen molar-refractivity contribution < 1.29 is 19.6 Å². The fraction of sp³-hybridized carbons (Fsp3) is 0.286. The third-order valence-corrected chi connectivity index (χ3v) is 3.86. The summed E-state index contributed by atoms with van der Waals surface area (Å²) >= 11 is 2.55. The molecule has 0 atom stereocenters. The van der Waals surface area contributed by atoms with Crippen molar-refractivity contribution in [2.24, 2.45) is 0 Å². The summed E-state index contributed by atoms with van der Waals surface area (Å²) in [5.41, 5.74) is 0.350. The summed E-state index contributed by atoms with van der Waals surface area (Å²) < 4.78 is 5.24. The highest BCUT2D eigenvalue weighted by Gasteiger charge is 2.22. The van der Waals surface area contributed by atoms with Crippen LogP contribution in [-0.2, 0) is 4.74 Å². The Morgan fingerprint density at radius 1 is 1.64 bits per heavy atom. The number of carbonyl (C=O) groups is 1. The van der Waals surface area contributed by atoms with Crippen molar-refractivity contribution in [2.75, 3.05) is 13.4 Å². The highest BCUT2D eigenvalue weighted by atomic mass is 32.2. The molecule has 0 aliphatic carbocycles. The van der Waals surface area contributed by atoms with Gasteiger partial charge in [-0.2, -0.15) is 0 Å². The number of ether oxygens (including phenoxy) is 1. The summed E-state index contributed by atoms with van der Waals surface area (Å²) in [4.78, 5) is 11.5. The smallest absolute Gasteiger partial charge is 0.465 e. The van der Waals surface area contributed by atoms with Gasteiger partial charge in [-0.3, -0.25) is 0 Å². The van der Waals surface area contributed by atoms with Crippen LogP contribution < -0.4 is 5.46 Å². The molecule has 1 aromatic rings. The molecule has 1 heterocycles. The maximum absolute atomic E-state index is 11.1. The van der Waals surface area contributed by atoms with E-state index < -0.39 is 13.1 Å². The second kappa shape index (κ2) is 4.83. The Morgan fingerprint density at radius 3 is 2.64 bits per heavy atom. The van der Waals surface area contributed by atoms with Gasteiger partial charge in [-0.05, 0) is 12.3 Å². The Morgan fingerprint density at radius 2 is 2.29 bits per heavy atom. The average Bonchev–Trinajstić information content (AvgIpc) is 2.60. The van der Waals surface area contributed by atoms with Crippen LogP contribution in [0.2, 0.25) is 0 Å². The second-order valence-electron chi connectivity index (χ2n) is 2.42. The predicted octanol–water partition coefficient (Wildman–Crippen LogP) is -0.0636. The molecule has 0 aliphatic rings. The molecule has 0 aliphatic heterocycles. The van der Waals surface area contributed by atoms with Gasteiger partial charge in [-0.15, -0.1) is 23.1 Å². The van der Waals surface area contributed by atoms with Gasteiger partial charge in [0, 0.05) is 5.46 Å². The minimum atomic E-state index is -1.55. The third-order valence-electron chi connectivity index (χ3n) is 1.58. The molecule has 1 aromatic heterocycles. The van der Waals surface area contributed by atoms with Gasteiger partial charge in [0.15, 0.2) is 0 Å². The van der Waals surface area contributed by atoms with E-state index in [1.807, 2.05) is 0 Å². The molecule has 0 amide bonds. The van der Waals surface area contributed by atoms with Crippen LogP contribution in [0.4, 0.5) is 0 Å². The molecule has 4 nitrogen and oxygen atoms in total. The van der Waals surface area contributed by atoms with Gasteiger partial charge < -0.3 is 14.8 Å². The van der Waals surface area contributed by atoms with Gasteiger partial charge >= 0.3 is 13.1 Å². The number of thiophene rings is 1. The molecule has 14 heavy (non-hydrogen) atoms. The van der Waals surface area contributed by atoms with Crippen LogP contribution in [0.15, 0.2) is 10.3 Å². The summed E-state index contributed by atoms with van der Waals surface area (Å²) in [5.74, 6) is -0.461. The van der Waals surface area contributed by atoms with E-state index in [-0.39, 0.29) is 0 Å². The zero-order valence-electron chi connectivity index (χ0n) is 7.68. The summed E-state index contributed by atoms with van der Waals surface area (Å²) in [6.07, 6.45) is 1.80. The van der Waals surface area contributed by atoms with E-state index in [1.54, 1.807) is 6.26 Å². The van der Waals surface area contributed by atoms with Crippen LogP contribution in [0, 0.1) is 0 Å². The number of methoxy groups -OCH3 is 1. The third kappa shape index (κ3) is 2.30. The van der Waals surface area contributed by atoms with Crippen LogP contribution in [0.3, 0.4) is 0 Å². The van der Waals surface area contributed by atoms with Crippen molar-refractivity contribution in [3.63, 3.8) is 0 Å². The van der Waals surface area contributed by atoms with E-state index in [4.69, 9.17) is 10.0 Å². The quantitative estimate of drug-likeness (QED) is 0.434. The monoisotopic (exact) mass is 232 g/mol. The SMILES string of the molecule is COC(=O)c1cc(B(O)O)c(SC)s1. The molecule has 0 saturated carbocycles. The van der Waals surface area contributed by atoms with E-state index in [1.165, 1.54) is 36.3 Å². The van der Waals surface area contributed by atoms with Crippen molar-refractivity contribution in [1.82, 2.24) is 0 Å². The highest BCUT2D eigenvalue weighted by molar-refractivity contribution is 8.00. The first kappa shape index (κ1) is 11.6. The maximum Gasteiger partial charge on any atom is 0.490 e. The average molecular weight is 232 g/mol. The minimum Gasteiger partial charge on any atom is -0.465 e. The molecule has 0 spiro atoms. The summed E-state index contributed by atoms with van der Waals surface area (Å²) in [6.45, 7) is 0. The van der Waals surface area contributed by atoms with Gasteiger partial charge in [0.2, 0.25) is 0 Å². The Labute approximate surface area is 90.0 Å². The molecule has 0 aromatic carbocycles. The van der Waals surface area contributed by atoms with Gasteiger partial charge in [0.25, 0.3) is 0 Å². The highest BCUT2D eigenvalue weighted by Crippen LogP contribution is 2.24. The lowest BCUT2D eigenvalue weighted by Crippen LogP contribution is -2.29. The molecule has 0 unspecified atom stereocenters. The number of rotatable bonds is 3. The fourth-order valence-electron chi connectivity index (χ4n) is 0.929. The lowest BCUT2D eigenvalue weighted by molar-refractivity contribution is 0.0606. The lowest BCUT2D eigenvalue weighted by Gasteiger charge is -1.96. The summed E-state index contributed by atoms with van der Waals surface area (Å²) in [6, 6.07) is 1.44. The normalized spacial score (nSPS) is 10.0. The minimum absolute atomic E-state index is 0.350. The largest absolute Gasteiger partial charge is 0.490 e. The summed E-state index contributed by atoms with van der Waals surface area (Å²) in [5, 5.41) is 18.0. The van der Waals surface area contributed by atoms with Crippen LogP contribution in [0.1, 0.15) is 9.67 Å². The number of esters is 1. The van der Waals surface area contributed by atoms with Gasteiger partial charge in [0.1, 0.15) is 4.88 Å². The van der Waals surface area contributed by atoms with Crippen LogP contribution >= 0.6 is 23.1 Å². The molecule has 0 saturated heterocycles. The van der Waals surface area contributed by atoms with Gasteiger partial charge in [-0.25, -0.2) is 4.79 Å². The molecule has 7 heteroatoms. The van der Waals surface area contributed by atoms with E-state index >= 15 is 0 Å². The molecule has 0 fully saturated rings. The fourth-order valence-corrected chi connectivity index (χ4v) is 2.77. The number of thioether (sulfide) groups is 1. The first-order valence-corrected chi connectivity index (χ1v) is 5.76. The molecule has 0 radical (unpaired) electrons. The van der Waals surface area contributed by atoms with Gasteiger partial charge in [0.05, 0.1) is 11.3 Å². The molecule has 0 bridgehead atoms. The van der Waals surface area contributed by atoms with Crippen molar-refractivity contribution >= 4 is 41.6 Å². The van der Waals surface area contributed by atoms with Crippen LogP contribution in [0.25, 0.3) is 0 Å². The molecule has 76 valence electrons. The molecule has 2 N–H and O–H groups in total. The zero-order chi connectivity index (χ0) is 10.7.